The molecule has 29 nitrogen and oxygen atoms in total. The van der Waals surface area contributed by atoms with E-state index in [1.807, 2.05) is 0 Å². The Morgan fingerprint density at radius 1 is 0.609 bits per heavy atom. The maximum Gasteiger partial charge on any atom is 0.326 e. The summed E-state index contributed by atoms with van der Waals surface area (Å²) >= 11 is 0. The lowest BCUT2D eigenvalue weighted by Crippen LogP contribution is -2.60. The summed E-state index contributed by atoms with van der Waals surface area (Å²) in [4.78, 5) is 154. The van der Waals surface area contributed by atoms with Crippen LogP contribution in [0.1, 0.15) is 81.9 Å². The van der Waals surface area contributed by atoms with Crippen LogP contribution in [0, 0.1) is 5.92 Å². The van der Waals surface area contributed by atoms with Gasteiger partial charge in [0.05, 0.1) is 25.6 Å². The Labute approximate surface area is 503 Å². The van der Waals surface area contributed by atoms with Crippen molar-refractivity contribution in [2.24, 2.45) is 33.8 Å². The quantitative estimate of drug-likeness (QED) is 0.0154. The number of aliphatic carboxylic acids is 2. The zero-order chi connectivity index (χ0) is 64.2. The lowest BCUT2D eigenvalue weighted by molar-refractivity contribution is -0.144. The van der Waals surface area contributed by atoms with E-state index in [0.29, 0.717) is 36.0 Å². The number of rotatable bonds is 36. The number of carboxylic acids is 2. The van der Waals surface area contributed by atoms with Crippen molar-refractivity contribution >= 4 is 71.1 Å². The fraction of sp³-hybridized carbons (Fsp3) is 0.483. The van der Waals surface area contributed by atoms with Gasteiger partial charge in [0.15, 0.2) is 5.96 Å². The number of guanidine groups is 1. The van der Waals surface area contributed by atoms with E-state index in [2.05, 4.69) is 47.5 Å². The summed E-state index contributed by atoms with van der Waals surface area (Å²) in [5.41, 5.74) is 24.2. The summed E-state index contributed by atoms with van der Waals surface area (Å²) in [6.07, 6.45) is 0.0180. The maximum atomic E-state index is 14.6. The Balaban J connectivity index is 1.48. The largest absolute Gasteiger partial charge is 0.508 e. The van der Waals surface area contributed by atoms with Crippen LogP contribution < -0.4 is 65.5 Å². The maximum absolute atomic E-state index is 14.6. The average molecular weight is 1220 g/mol. The highest BCUT2D eigenvalue weighted by atomic mass is 16.4. The highest BCUT2D eigenvalue weighted by molar-refractivity contribution is 5.99. The Kier molecular flexibility index (Phi) is 29.0. The fourth-order valence-electron chi connectivity index (χ4n) is 9.35. The molecule has 3 aromatic carbocycles. The van der Waals surface area contributed by atoms with E-state index in [4.69, 9.17) is 22.9 Å². The number of carboxylic acid groups (broad SMARTS) is 2. The first-order valence-corrected chi connectivity index (χ1v) is 28.5. The van der Waals surface area contributed by atoms with E-state index in [-0.39, 0.29) is 76.3 Å². The van der Waals surface area contributed by atoms with Crippen molar-refractivity contribution in [3.8, 4) is 5.75 Å². The number of aliphatic hydroxyl groups is 1. The van der Waals surface area contributed by atoms with Crippen LogP contribution in [0.5, 0.6) is 5.75 Å². The zero-order valence-electron chi connectivity index (χ0n) is 48.7. The molecule has 1 saturated heterocycles. The van der Waals surface area contributed by atoms with Crippen molar-refractivity contribution in [2.75, 3.05) is 32.8 Å². The molecule has 0 aromatic heterocycles. The van der Waals surface area contributed by atoms with E-state index >= 15 is 0 Å². The summed E-state index contributed by atoms with van der Waals surface area (Å²) in [6.45, 7) is 1.99. The first-order valence-electron chi connectivity index (χ1n) is 28.5. The van der Waals surface area contributed by atoms with Gasteiger partial charge in [0, 0.05) is 32.4 Å². The number of carbonyl (C=O) groups excluding carboxylic acids is 9. The van der Waals surface area contributed by atoms with E-state index in [1.54, 1.807) is 74.5 Å². The monoisotopic (exact) mass is 1210 g/mol. The molecule has 4 rings (SSSR count). The molecule has 474 valence electrons. The second-order valence-corrected chi connectivity index (χ2v) is 21.3. The number of aromatic hydroxyl groups is 1. The number of hydrogen-bond donors (Lipinski definition) is 16. The third-order valence-corrected chi connectivity index (χ3v) is 14.0. The van der Waals surface area contributed by atoms with Gasteiger partial charge in [-0.1, -0.05) is 86.6 Å². The van der Waals surface area contributed by atoms with Gasteiger partial charge in [0.25, 0.3) is 0 Å². The van der Waals surface area contributed by atoms with Gasteiger partial charge in [0.1, 0.15) is 54.1 Å². The number of nitrogens with two attached hydrogens (primary N) is 4. The summed E-state index contributed by atoms with van der Waals surface area (Å²) in [6, 6.07) is 9.86. The summed E-state index contributed by atoms with van der Waals surface area (Å²) in [5, 5.41) is 59.6. The Hall–Kier alpha value is -9.22. The van der Waals surface area contributed by atoms with E-state index < -0.39 is 145 Å². The molecule has 1 fully saturated rings. The van der Waals surface area contributed by atoms with E-state index in [0.717, 1.165) is 0 Å². The van der Waals surface area contributed by atoms with E-state index in [1.165, 1.54) is 29.2 Å². The number of aliphatic imine (C=N–C) groups is 1. The molecule has 9 atom stereocenters. The zero-order valence-corrected chi connectivity index (χ0v) is 48.7. The number of phenols is 1. The van der Waals surface area contributed by atoms with Crippen molar-refractivity contribution in [1.29, 1.82) is 0 Å². The smallest absolute Gasteiger partial charge is 0.326 e. The van der Waals surface area contributed by atoms with Crippen LogP contribution in [0.15, 0.2) is 89.9 Å². The van der Waals surface area contributed by atoms with E-state index in [9.17, 15) is 73.2 Å². The number of amides is 9. The van der Waals surface area contributed by atoms with Gasteiger partial charge < -0.3 is 90.8 Å². The standard InChI is InChI=1S/C58H82N14O15/c1-33(2)48(71-49(78)38(60)17-11-25-63-58(61)62)55(84)68-42(28-34-13-5-3-6-14-34)56(85)72-26-12-19-45(72)54(83)67-41(30-47(76)77)52(81)66-39(18-9-10-24-59)50(79)64-31-46(75)65-40(27-36-20-22-37(74)23-21-36)51(80)70-44(32-73)53(82)69-43(57(86)87)29-35-15-7-4-8-16-35/h3-8,13-16,20-23,33,38-45,48,73-74H,9-12,17-19,24-32,59-60H2,1-2H3,(H,64,79)(H,65,75)(H,66,81)(H,67,83)(H,68,84)(H,69,82)(H,70,80)(H,71,78)(H,76,77)(H,86,87)(H4,61,62,63)/t38-,39-,40-,41-,42-,43-,44-,45-,48-/m0/s1. The minimum atomic E-state index is -1.82. The highest BCUT2D eigenvalue weighted by Crippen LogP contribution is 2.21. The number of likely N-dealkylation sites (tertiary alicyclic amines) is 1. The third kappa shape index (κ3) is 24.0. The molecule has 1 heterocycles. The van der Waals surface area contributed by atoms with Crippen molar-refractivity contribution < 1.29 is 73.2 Å². The van der Waals surface area contributed by atoms with Gasteiger partial charge in [-0.3, -0.25) is 52.9 Å². The molecular weight excluding hydrogens is 1130 g/mol. The number of aliphatic hydroxyl groups excluding tert-OH is 1. The molecule has 0 spiro atoms. The molecule has 9 amide bonds. The van der Waals surface area contributed by atoms with Crippen molar-refractivity contribution in [2.45, 2.75) is 139 Å². The number of unbranched alkanes of at least 4 members (excludes halogenated alkanes) is 1. The fourth-order valence-corrected chi connectivity index (χ4v) is 9.35. The van der Waals surface area contributed by atoms with Gasteiger partial charge >= 0.3 is 11.9 Å². The number of phenolic OH excluding ortho intramolecular Hbond substituents is 1. The number of nitrogens with one attached hydrogen (secondary N) is 8. The molecular formula is C58H82N14O15. The number of hydrogen-bond acceptors (Lipinski definition) is 16. The molecule has 20 N–H and O–H groups in total. The number of benzene rings is 3. The Morgan fingerprint density at radius 2 is 1.16 bits per heavy atom. The summed E-state index contributed by atoms with van der Waals surface area (Å²) in [5.74, 6) is -11.7. The summed E-state index contributed by atoms with van der Waals surface area (Å²) < 4.78 is 0. The van der Waals surface area contributed by atoms with Crippen LogP contribution in [0.25, 0.3) is 0 Å². The van der Waals surface area contributed by atoms with Gasteiger partial charge in [-0.05, 0) is 86.2 Å². The minimum absolute atomic E-state index is 0.0248. The molecule has 0 aliphatic carbocycles. The first kappa shape index (κ1) is 70.3. The van der Waals surface area contributed by atoms with Crippen LogP contribution >= 0.6 is 0 Å². The predicted octanol–water partition coefficient (Wildman–Crippen LogP) is -3.36. The highest BCUT2D eigenvalue weighted by Gasteiger charge is 2.41. The van der Waals surface area contributed by atoms with Crippen molar-refractivity contribution in [3.63, 3.8) is 0 Å². The predicted molar refractivity (Wildman–Crippen MR) is 316 cm³/mol. The van der Waals surface area contributed by atoms with Gasteiger partial charge in [-0.2, -0.15) is 0 Å². The summed E-state index contributed by atoms with van der Waals surface area (Å²) in [7, 11) is 0. The number of carbonyl (C=O) groups is 11. The van der Waals surface area contributed by atoms with Gasteiger partial charge in [-0.25, -0.2) is 4.79 Å². The van der Waals surface area contributed by atoms with Crippen LogP contribution in [-0.2, 0) is 72.0 Å². The first-order chi connectivity index (χ1) is 41.4. The van der Waals surface area contributed by atoms with Crippen LogP contribution in [0.2, 0.25) is 0 Å². The molecule has 87 heavy (non-hydrogen) atoms. The Bertz CT molecular complexity index is 2840. The van der Waals surface area contributed by atoms with Gasteiger partial charge in [-0.15, -0.1) is 0 Å². The number of nitrogens with zero attached hydrogens (tertiary/aromatic N) is 2. The second-order valence-electron chi connectivity index (χ2n) is 21.3. The topological polar surface area (TPSA) is 485 Å². The van der Waals surface area contributed by atoms with Crippen LogP contribution in [0.3, 0.4) is 0 Å². The van der Waals surface area contributed by atoms with Crippen LogP contribution in [0.4, 0.5) is 0 Å². The molecule has 1 aliphatic heterocycles. The molecule has 0 saturated carbocycles. The SMILES string of the molecule is CC(C)[C@H](NC(=O)[C@@H](N)CCCN=C(N)N)C(=O)N[C@@H](Cc1ccccc1)C(=O)N1CCC[C@H]1C(=O)N[C@@H](CC(=O)O)C(=O)N[C@@H](CCCCN)C(=O)NCC(=O)N[C@@H](Cc1ccc(O)cc1)C(=O)N[C@@H](CO)C(=O)N[C@@H](Cc1ccccc1)C(=O)O. The van der Waals surface area contributed by atoms with Crippen molar-refractivity contribution in [3.05, 3.63) is 102 Å². The van der Waals surface area contributed by atoms with Crippen LogP contribution in [-0.4, -0.2) is 184 Å². The third-order valence-electron chi connectivity index (χ3n) is 14.0. The lowest BCUT2D eigenvalue weighted by atomic mass is 9.99. The molecule has 0 bridgehead atoms. The molecule has 0 radical (unpaired) electrons. The molecule has 29 heteroatoms. The molecule has 1 aliphatic rings. The minimum Gasteiger partial charge on any atom is -0.508 e. The average Bonchev–Trinajstić information content (AvgIpc) is 2.51. The Morgan fingerprint density at radius 3 is 1.74 bits per heavy atom. The molecule has 0 unspecified atom stereocenters. The lowest BCUT2D eigenvalue weighted by Gasteiger charge is -2.31. The van der Waals surface area contributed by atoms with Crippen molar-refractivity contribution in [1.82, 2.24) is 47.4 Å². The molecule has 3 aromatic rings. The van der Waals surface area contributed by atoms with Gasteiger partial charge in [0.2, 0.25) is 53.2 Å². The normalized spacial score (nSPS) is 15.5. The second kappa shape index (κ2) is 35.9.